The minimum atomic E-state index is -0.583. The van der Waals surface area contributed by atoms with E-state index < -0.39 is 5.97 Å². The second-order valence-electron chi connectivity index (χ2n) is 6.89. The van der Waals surface area contributed by atoms with Crippen molar-refractivity contribution in [1.29, 1.82) is 0 Å². The molecule has 4 rings (SSSR count). The van der Waals surface area contributed by atoms with Gasteiger partial charge in [0, 0.05) is 11.6 Å². The van der Waals surface area contributed by atoms with Crippen LogP contribution in [0.2, 0.25) is 0 Å². The lowest BCUT2D eigenvalue weighted by atomic mass is 10.0. The van der Waals surface area contributed by atoms with Gasteiger partial charge in [0.2, 0.25) is 0 Å². The number of fused-ring (bicyclic) bond motifs is 1. The van der Waals surface area contributed by atoms with Crippen molar-refractivity contribution >= 4 is 39.5 Å². The molecule has 31 heavy (non-hydrogen) atoms. The molecule has 0 saturated carbocycles. The molecule has 0 spiro atoms. The van der Waals surface area contributed by atoms with Crippen molar-refractivity contribution in [2.45, 2.75) is 13.0 Å². The number of benzene rings is 2. The van der Waals surface area contributed by atoms with Crippen molar-refractivity contribution in [3.05, 3.63) is 98.8 Å². The minimum Gasteiger partial charge on any atom is -0.484 e. The molecule has 7 heteroatoms. The van der Waals surface area contributed by atoms with E-state index in [2.05, 4.69) is 32.6 Å². The van der Waals surface area contributed by atoms with E-state index in [1.165, 1.54) is 19.2 Å². The topological polar surface area (TPSA) is 61.3 Å². The van der Waals surface area contributed by atoms with Gasteiger partial charge in [-0.2, -0.15) is 0 Å². The Bertz CT molecular complexity index is 1230. The summed E-state index contributed by atoms with van der Waals surface area (Å²) < 4.78 is 24.7. The van der Waals surface area contributed by atoms with Gasteiger partial charge in [0.25, 0.3) is 0 Å². The molecule has 0 aliphatic carbocycles. The van der Waals surface area contributed by atoms with E-state index in [9.17, 15) is 9.18 Å². The SMILES string of the molecule is COC(=O)c1nc(I)c2cc(Cc3ccc(F)cc3)cnc2c1OCc1ccccc1. The third-order valence-corrected chi connectivity index (χ3v) is 5.56. The molecule has 2 heterocycles. The Morgan fingerprint density at radius 3 is 2.48 bits per heavy atom. The summed E-state index contributed by atoms with van der Waals surface area (Å²) in [5.74, 6) is -0.561. The maximum absolute atomic E-state index is 13.2. The highest BCUT2D eigenvalue weighted by molar-refractivity contribution is 14.1. The molecule has 0 bridgehead atoms. The molecule has 4 aromatic rings. The smallest absolute Gasteiger partial charge is 0.360 e. The highest BCUT2D eigenvalue weighted by Gasteiger charge is 2.22. The monoisotopic (exact) mass is 528 g/mol. The molecule has 0 N–H and O–H groups in total. The Kier molecular flexibility index (Phi) is 6.41. The molecule has 5 nitrogen and oxygen atoms in total. The summed E-state index contributed by atoms with van der Waals surface area (Å²) >= 11 is 2.08. The van der Waals surface area contributed by atoms with Crippen molar-refractivity contribution in [3.63, 3.8) is 0 Å². The predicted molar refractivity (Wildman–Crippen MR) is 124 cm³/mol. The van der Waals surface area contributed by atoms with Crippen LogP contribution in [-0.2, 0) is 17.8 Å². The number of ether oxygens (including phenoxy) is 2. The van der Waals surface area contributed by atoms with Gasteiger partial charge in [-0.3, -0.25) is 4.98 Å². The van der Waals surface area contributed by atoms with E-state index in [1.807, 2.05) is 36.4 Å². The Labute approximate surface area is 192 Å². The van der Waals surface area contributed by atoms with Gasteiger partial charge in [0.05, 0.1) is 7.11 Å². The van der Waals surface area contributed by atoms with Crippen LogP contribution < -0.4 is 4.74 Å². The molecule has 0 saturated heterocycles. The van der Waals surface area contributed by atoms with Crippen molar-refractivity contribution in [3.8, 4) is 5.75 Å². The summed E-state index contributed by atoms with van der Waals surface area (Å²) in [7, 11) is 1.31. The molecule has 156 valence electrons. The average molecular weight is 528 g/mol. The standard InChI is InChI=1S/C24H18FIN2O3/c1-30-24(29)21-22(31-14-16-5-3-2-4-6-16)20-19(23(26)28-21)12-17(13-27-20)11-15-7-9-18(25)10-8-15/h2-10,12-13H,11,14H2,1H3. The second-order valence-corrected chi connectivity index (χ2v) is 7.91. The number of esters is 1. The molecule has 0 amide bonds. The maximum atomic E-state index is 13.2. The molecule has 2 aromatic carbocycles. The van der Waals surface area contributed by atoms with Gasteiger partial charge in [-0.1, -0.05) is 42.5 Å². The third kappa shape index (κ3) is 4.82. The Balaban J connectivity index is 1.74. The molecule has 0 aliphatic heterocycles. The van der Waals surface area contributed by atoms with Gasteiger partial charge in [-0.25, -0.2) is 14.2 Å². The first kappa shape index (κ1) is 21.2. The van der Waals surface area contributed by atoms with Gasteiger partial charge in [0.15, 0.2) is 11.4 Å². The zero-order chi connectivity index (χ0) is 21.8. The van der Waals surface area contributed by atoms with Crippen molar-refractivity contribution in [2.75, 3.05) is 7.11 Å². The number of carbonyl (C=O) groups excluding carboxylic acids is 1. The molecule has 0 fully saturated rings. The molecular weight excluding hydrogens is 510 g/mol. The molecule has 2 aromatic heterocycles. The number of nitrogens with zero attached hydrogens (tertiary/aromatic N) is 2. The summed E-state index contributed by atoms with van der Waals surface area (Å²) in [5, 5.41) is 0.774. The third-order valence-electron chi connectivity index (χ3n) is 4.73. The lowest BCUT2D eigenvalue weighted by Crippen LogP contribution is -2.11. The Morgan fingerprint density at radius 2 is 1.77 bits per heavy atom. The second kappa shape index (κ2) is 9.38. The quantitative estimate of drug-likeness (QED) is 0.192. The normalized spacial score (nSPS) is 10.8. The summed E-state index contributed by atoms with van der Waals surface area (Å²) in [6.45, 7) is 0.265. The Morgan fingerprint density at radius 1 is 1.03 bits per heavy atom. The molecule has 0 atom stereocenters. The first-order valence-electron chi connectivity index (χ1n) is 9.53. The van der Waals surface area contributed by atoms with Crippen LogP contribution in [-0.4, -0.2) is 23.0 Å². The van der Waals surface area contributed by atoms with Crippen LogP contribution >= 0.6 is 22.6 Å². The molecular formula is C24H18FIN2O3. The molecule has 0 aliphatic rings. The molecule has 0 unspecified atom stereocenters. The lowest BCUT2D eigenvalue weighted by molar-refractivity contribution is 0.0588. The predicted octanol–water partition coefficient (Wildman–Crippen LogP) is 5.33. The van der Waals surface area contributed by atoms with Crippen LogP contribution in [0.25, 0.3) is 10.9 Å². The summed E-state index contributed by atoms with van der Waals surface area (Å²) in [5.41, 5.74) is 3.50. The summed E-state index contributed by atoms with van der Waals surface area (Å²) in [6.07, 6.45) is 2.33. The van der Waals surface area contributed by atoms with E-state index in [0.29, 0.717) is 21.4 Å². The summed E-state index contributed by atoms with van der Waals surface area (Å²) in [4.78, 5) is 21.4. The van der Waals surface area contributed by atoms with Crippen LogP contribution in [0.15, 0.2) is 66.9 Å². The van der Waals surface area contributed by atoms with Gasteiger partial charge >= 0.3 is 5.97 Å². The van der Waals surface area contributed by atoms with E-state index in [1.54, 1.807) is 18.3 Å². The van der Waals surface area contributed by atoms with Crippen LogP contribution in [0.1, 0.15) is 27.2 Å². The zero-order valence-electron chi connectivity index (χ0n) is 16.6. The van der Waals surface area contributed by atoms with E-state index in [4.69, 9.17) is 9.47 Å². The van der Waals surface area contributed by atoms with Gasteiger partial charge in [-0.15, -0.1) is 0 Å². The fourth-order valence-corrected chi connectivity index (χ4v) is 3.86. The number of methoxy groups -OCH3 is 1. The number of hydrogen-bond acceptors (Lipinski definition) is 5. The van der Waals surface area contributed by atoms with Gasteiger partial charge < -0.3 is 9.47 Å². The number of aromatic nitrogens is 2. The van der Waals surface area contributed by atoms with E-state index in [0.717, 1.165) is 22.1 Å². The van der Waals surface area contributed by atoms with Gasteiger partial charge in [0.1, 0.15) is 21.6 Å². The highest BCUT2D eigenvalue weighted by Crippen LogP contribution is 2.32. The highest BCUT2D eigenvalue weighted by atomic mass is 127. The Hall–Kier alpha value is -3.07. The van der Waals surface area contributed by atoms with Crippen LogP contribution in [0.4, 0.5) is 4.39 Å². The lowest BCUT2D eigenvalue weighted by Gasteiger charge is -2.14. The number of carbonyl (C=O) groups is 1. The number of halogens is 2. The first-order valence-corrected chi connectivity index (χ1v) is 10.6. The number of hydrogen-bond donors (Lipinski definition) is 0. The largest absolute Gasteiger partial charge is 0.484 e. The molecule has 0 radical (unpaired) electrons. The minimum absolute atomic E-state index is 0.0918. The van der Waals surface area contributed by atoms with Crippen LogP contribution in [0.3, 0.4) is 0 Å². The van der Waals surface area contributed by atoms with Gasteiger partial charge in [-0.05, 0) is 63.9 Å². The summed E-state index contributed by atoms with van der Waals surface area (Å²) in [6, 6.07) is 18.0. The zero-order valence-corrected chi connectivity index (χ0v) is 18.8. The first-order chi connectivity index (χ1) is 15.0. The van der Waals surface area contributed by atoms with Crippen molar-refractivity contribution in [1.82, 2.24) is 9.97 Å². The fraction of sp³-hybridized carbons (Fsp3) is 0.125. The van der Waals surface area contributed by atoms with Crippen molar-refractivity contribution in [2.24, 2.45) is 0 Å². The average Bonchev–Trinajstić information content (AvgIpc) is 2.80. The number of pyridine rings is 2. The maximum Gasteiger partial charge on any atom is 0.360 e. The number of rotatable bonds is 6. The van der Waals surface area contributed by atoms with E-state index in [-0.39, 0.29) is 18.1 Å². The van der Waals surface area contributed by atoms with Crippen LogP contribution in [0, 0.1) is 9.52 Å². The fourth-order valence-electron chi connectivity index (χ4n) is 3.20. The van der Waals surface area contributed by atoms with E-state index >= 15 is 0 Å². The van der Waals surface area contributed by atoms with Crippen LogP contribution in [0.5, 0.6) is 5.75 Å². The van der Waals surface area contributed by atoms with Crippen molar-refractivity contribution < 1.29 is 18.7 Å².